The number of methoxy groups -OCH3 is 1. The molecule has 1 N–H and O–H groups in total. The van der Waals surface area contributed by atoms with E-state index in [1.807, 2.05) is 0 Å². The molecule has 21 heavy (non-hydrogen) atoms. The van der Waals surface area contributed by atoms with E-state index in [2.05, 4.69) is 15.0 Å². The minimum absolute atomic E-state index is 0.249. The van der Waals surface area contributed by atoms with Crippen molar-refractivity contribution in [3.8, 4) is 0 Å². The molecule has 2 rings (SSSR count). The first-order valence-corrected chi connectivity index (χ1v) is 8.65. The Balaban J connectivity index is 2.21. The van der Waals surface area contributed by atoms with Gasteiger partial charge >= 0.3 is 5.97 Å². The maximum absolute atomic E-state index is 11.5. The largest absolute Gasteiger partial charge is 0.464 e. The average molecular weight is 326 g/mol. The number of esters is 1. The zero-order valence-corrected chi connectivity index (χ0v) is 13.3. The van der Waals surface area contributed by atoms with Crippen LogP contribution < -0.4 is 5.32 Å². The molecule has 8 heteroatoms. The molecule has 1 aromatic carbocycles. The number of aryl methyl sites for hydroxylation is 1. The number of thiazole rings is 1. The van der Waals surface area contributed by atoms with Crippen molar-refractivity contribution in [1.29, 1.82) is 0 Å². The SMILES string of the molecule is COC(=O)c1nc(Nc2ccc(S(C)(=O)=O)cc2)sc1C. The number of carbonyl (C=O) groups is 1. The van der Waals surface area contributed by atoms with Crippen molar-refractivity contribution in [1.82, 2.24) is 4.98 Å². The van der Waals surface area contributed by atoms with Crippen molar-refractivity contribution < 1.29 is 17.9 Å². The van der Waals surface area contributed by atoms with Crippen LogP contribution in [0.3, 0.4) is 0 Å². The Bertz CT molecular complexity index is 764. The summed E-state index contributed by atoms with van der Waals surface area (Å²) >= 11 is 1.32. The monoisotopic (exact) mass is 326 g/mol. The fraction of sp³-hybridized carbons (Fsp3) is 0.231. The Labute approximate surface area is 126 Å². The van der Waals surface area contributed by atoms with Crippen molar-refractivity contribution in [3.05, 3.63) is 34.8 Å². The number of benzene rings is 1. The van der Waals surface area contributed by atoms with E-state index >= 15 is 0 Å². The quantitative estimate of drug-likeness (QED) is 0.868. The molecule has 0 saturated carbocycles. The lowest BCUT2D eigenvalue weighted by Gasteiger charge is -2.03. The van der Waals surface area contributed by atoms with E-state index in [0.29, 0.717) is 10.8 Å². The molecule has 1 aromatic heterocycles. The topological polar surface area (TPSA) is 85.4 Å². The first-order valence-electron chi connectivity index (χ1n) is 5.94. The second kappa shape index (κ2) is 5.82. The van der Waals surface area contributed by atoms with Crippen molar-refractivity contribution in [2.24, 2.45) is 0 Å². The second-order valence-electron chi connectivity index (χ2n) is 4.34. The van der Waals surface area contributed by atoms with Crippen molar-refractivity contribution in [3.63, 3.8) is 0 Å². The van der Waals surface area contributed by atoms with Crippen LogP contribution in [-0.2, 0) is 14.6 Å². The maximum Gasteiger partial charge on any atom is 0.357 e. The van der Waals surface area contributed by atoms with Gasteiger partial charge in [-0.1, -0.05) is 0 Å². The van der Waals surface area contributed by atoms with E-state index in [9.17, 15) is 13.2 Å². The van der Waals surface area contributed by atoms with Gasteiger partial charge in [0.2, 0.25) is 0 Å². The van der Waals surface area contributed by atoms with Gasteiger partial charge in [-0.2, -0.15) is 0 Å². The Kier molecular flexibility index (Phi) is 4.29. The van der Waals surface area contributed by atoms with Crippen LogP contribution in [0, 0.1) is 6.92 Å². The number of nitrogens with zero attached hydrogens (tertiary/aromatic N) is 1. The average Bonchev–Trinajstić information content (AvgIpc) is 2.78. The van der Waals surface area contributed by atoms with Crippen LogP contribution >= 0.6 is 11.3 Å². The Morgan fingerprint density at radius 1 is 1.29 bits per heavy atom. The normalized spacial score (nSPS) is 11.2. The molecule has 0 unspecified atom stereocenters. The molecule has 6 nitrogen and oxygen atoms in total. The number of rotatable bonds is 4. The highest BCUT2D eigenvalue weighted by Gasteiger charge is 2.16. The third-order valence-corrected chi connectivity index (χ3v) is 4.72. The van der Waals surface area contributed by atoms with E-state index in [-0.39, 0.29) is 10.6 Å². The summed E-state index contributed by atoms with van der Waals surface area (Å²) in [7, 11) is -1.91. The van der Waals surface area contributed by atoms with Crippen LogP contribution in [0.4, 0.5) is 10.8 Å². The Morgan fingerprint density at radius 3 is 2.43 bits per heavy atom. The van der Waals surface area contributed by atoms with Crippen molar-refractivity contribution in [2.75, 3.05) is 18.7 Å². The van der Waals surface area contributed by atoms with Crippen LogP contribution in [0.15, 0.2) is 29.2 Å². The summed E-state index contributed by atoms with van der Waals surface area (Å²) in [6.07, 6.45) is 1.16. The van der Waals surface area contributed by atoms with Gasteiger partial charge in [0.25, 0.3) is 0 Å². The maximum atomic E-state index is 11.5. The first-order chi connectivity index (χ1) is 9.81. The van der Waals surface area contributed by atoms with E-state index in [1.54, 1.807) is 19.1 Å². The number of ether oxygens (including phenoxy) is 1. The van der Waals surface area contributed by atoms with Gasteiger partial charge < -0.3 is 10.1 Å². The third kappa shape index (κ3) is 3.59. The van der Waals surface area contributed by atoms with Crippen LogP contribution in [0.5, 0.6) is 0 Å². The fourth-order valence-electron chi connectivity index (χ4n) is 1.64. The number of hydrogen-bond acceptors (Lipinski definition) is 7. The van der Waals surface area contributed by atoms with Crippen LogP contribution in [0.25, 0.3) is 0 Å². The van der Waals surface area contributed by atoms with Gasteiger partial charge in [0.1, 0.15) is 0 Å². The summed E-state index contributed by atoms with van der Waals surface area (Å²) in [5, 5.41) is 3.57. The predicted molar refractivity (Wildman–Crippen MR) is 81.0 cm³/mol. The summed E-state index contributed by atoms with van der Waals surface area (Å²) in [4.78, 5) is 16.6. The van der Waals surface area contributed by atoms with Crippen molar-refractivity contribution in [2.45, 2.75) is 11.8 Å². The zero-order chi connectivity index (χ0) is 15.6. The summed E-state index contributed by atoms with van der Waals surface area (Å²) in [6.45, 7) is 1.78. The third-order valence-electron chi connectivity index (χ3n) is 2.71. The molecule has 0 aliphatic carbocycles. The smallest absolute Gasteiger partial charge is 0.357 e. The predicted octanol–water partition coefficient (Wildman–Crippen LogP) is 2.39. The lowest BCUT2D eigenvalue weighted by atomic mass is 10.3. The summed E-state index contributed by atoms with van der Waals surface area (Å²) in [5.74, 6) is -0.482. The number of hydrogen-bond donors (Lipinski definition) is 1. The summed E-state index contributed by atoms with van der Waals surface area (Å²) < 4.78 is 27.4. The molecule has 0 spiro atoms. The Hall–Kier alpha value is -1.93. The van der Waals surface area contributed by atoms with Gasteiger partial charge in [-0.05, 0) is 31.2 Å². The molecule has 0 aliphatic rings. The number of aromatic nitrogens is 1. The molecular weight excluding hydrogens is 312 g/mol. The molecule has 0 amide bonds. The lowest BCUT2D eigenvalue weighted by molar-refractivity contribution is 0.0594. The van der Waals surface area contributed by atoms with Crippen LogP contribution in [-0.4, -0.2) is 32.7 Å². The molecule has 0 aliphatic heterocycles. The minimum Gasteiger partial charge on any atom is -0.464 e. The van der Waals surface area contributed by atoms with Gasteiger partial charge in [-0.3, -0.25) is 0 Å². The van der Waals surface area contributed by atoms with E-state index in [1.165, 1.54) is 30.6 Å². The van der Waals surface area contributed by atoms with E-state index < -0.39 is 15.8 Å². The van der Waals surface area contributed by atoms with Crippen LogP contribution in [0.2, 0.25) is 0 Å². The highest BCUT2D eigenvalue weighted by molar-refractivity contribution is 7.90. The highest BCUT2D eigenvalue weighted by Crippen LogP contribution is 2.26. The molecule has 0 saturated heterocycles. The standard InChI is InChI=1S/C13H14N2O4S2/c1-8-11(12(16)19-2)15-13(20-8)14-9-4-6-10(7-5-9)21(3,17)18/h4-7H,1-3H3,(H,14,15). The molecule has 0 fully saturated rings. The minimum atomic E-state index is -3.21. The van der Waals surface area contributed by atoms with E-state index in [4.69, 9.17) is 0 Å². The Morgan fingerprint density at radius 2 is 1.90 bits per heavy atom. The molecule has 0 radical (unpaired) electrons. The number of carbonyl (C=O) groups excluding carboxylic acids is 1. The van der Waals surface area contributed by atoms with Gasteiger partial charge in [-0.15, -0.1) is 11.3 Å². The lowest BCUT2D eigenvalue weighted by Crippen LogP contribution is -2.03. The molecule has 2 aromatic rings. The number of sulfone groups is 1. The zero-order valence-electron chi connectivity index (χ0n) is 11.7. The van der Waals surface area contributed by atoms with Crippen molar-refractivity contribution >= 4 is 38.0 Å². The van der Waals surface area contributed by atoms with Gasteiger partial charge in [0.15, 0.2) is 20.7 Å². The molecular formula is C13H14N2O4S2. The van der Waals surface area contributed by atoms with E-state index in [0.717, 1.165) is 11.1 Å². The first kappa shape index (κ1) is 15.5. The fourth-order valence-corrected chi connectivity index (χ4v) is 3.10. The molecule has 112 valence electrons. The molecule has 0 atom stereocenters. The highest BCUT2D eigenvalue weighted by atomic mass is 32.2. The number of anilines is 2. The molecule has 0 bridgehead atoms. The van der Waals surface area contributed by atoms with Gasteiger partial charge in [0.05, 0.1) is 12.0 Å². The second-order valence-corrected chi connectivity index (χ2v) is 7.56. The van der Waals surface area contributed by atoms with Gasteiger partial charge in [0, 0.05) is 16.8 Å². The summed E-state index contributed by atoms with van der Waals surface area (Å²) in [5.41, 5.74) is 0.963. The number of nitrogens with one attached hydrogen (secondary N) is 1. The van der Waals surface area contributed by atoms with Gasteiger partial charge in [-0.25, -0.2) is 18.2 Å². The summed E-state index contributed by atoms with van der Waals surface area (Å²) in [6, 6.07) is 6.31. The molecule has 1 heterocycles. The van der Waals surface area contributed by atoms with Crippen LogP contribution in [0.1, 0.15) is 15.4 Å².